The van der Waals surface area contributed by atoms with Gasteiger partial charge in [-0.05, 0) is 36.8 Å². The van der Waals surface area contributed by atoms with E-state index in [4.69, 9.17) is 4.74 Å². The van der Waals surface area contributed by atoms with Crippen LogP contribution in [0.1, 0.15) is 12.5 Å². The predicted octanol–water partition coefficient (Wildman–Crippen LogP) is 2.47. The third kappa shape index (κ3) is 6.30. The SMILES string of the molecule is CC(OC(=O)Cc1ccc(F)cc1)C(=O)NCC(=O)Nc1ccc(F)c(F)c1F. The fourth-order valence-corrected chi connectivity index (χ4v) is 2.19. The topological polar surface area (TPSA) is 84.5 Å². The van der Waals surface area contributed by atoms with Crippen LogP contribution in [-0.4, -0.2) is 30.4 Å². The molecular weight excluding hydrogens is 396 g/mol. The van der Waals surface area contributed by atoms with Crippen molar-refractivity contribution < 1.29 is 36.7 Å². The van der Waals surface area contributed by atoms with Crippen molar-refractivity contribution in [2.24, 2.45) is 0 Å². The van der Waals surface area contributed by atoms with Gasteiger partial charge in [0.05, 0.1) is 18.7 Å². The summed E-state index contributed by atoms with van der Waals surface area (Å²) in [6.07, 6.45) is -1.43. The average Bonchev–Trinajstić information content (AvgIpc) is 2.68. The number of esters is 1. The van der Waals surface area contributed by atoms with Gasteiger partial charge in [0.15, 0.2) is 23.6 Å². The number of carbonyl (C=O) groups excluding carboxylic acids is 3. The van der Waals surface area contributed by atoms with Crippen molar-refractivity contribution in [3.05, 3.63) is 65.2 Å². The molecule has 0 heterocycles. The maximum Gasteiger partial charge on any atom is 0.311 e. The van der Waals surface area contributed by atoms with Gasteiger partial charge < -0.3 is 15.4 Å². The Labute approximate surface area is 162 Å². The first-order chi connectivity index (χ1) is 13.7. The first-order valence-corrected chi connectivity index (χ1v) is 8.32. The lowest BCUT2D eigenvalue weighted by atomic mass is 10.1. The van der Waals surface area contributed by atoms with Crippen LogP contribution in [0.2, 0.25) is 0 Å². The van der Waals surface area contributed by atoms with Gasteiger partial charge in [0, 0.05) is 0 Å². The van der Waals surface area contributed by atoms with Crippen LogP contribution in [-0.2, 0) is 25.5 Å². The first kappa shape index (κ1) is 21.9. The second-order valence-corrected chi connectivity index (χ2v) is 5.92. The molecule has 1 unspecified atom stereocenters. The summed E-state index contributed by atoms with van der Waals surface area (Å²) in [5.74, 6) is -7.65. The van der Waals surface area contributed by atoms with Crippen molar-refractivity contribution in [2.45, 2.75) is 19.4 Å². The summed E-state index contributed by atoms with van der Waals surface area (Å²) in [7, 11) is 0. The van der Waals surface area contributed by atoms with Gasteiger partial charge in [0.2, 0.25) is 5.91 Å². The summed E-state index contributed by atoms with van der Waals surface area (Å²) in [5, 5.41) is 4.13. The Bertz CT molecular complexity index is 919. The number of hydrogen-bond donors (Lipinski definition) is 2. The number of hydrogen-bond acceptors (Lipinski definition) is 4. The zero-order valence-electron chi connectivity index (χ0n) is 15.1. The molecule has 0 bridgehead atoms. The number of nitrogens with one attached hydrogen (secondary N) is 2. The minimum absolute atomic E-state index is 0.187. The Morgan fingerprint density at radius 1 is 0.966 bits per heavy atom. The van der Waals surface area contributed by atoms with Gasteiger partial charge in [0.1, 0.15) is 5.82 Å². The zero-order chi connectivity index (χ0) is 21.6. The minimum Gasteiger partial charge on any atom is -0.452 e. The van der Waals surface area contributed by atoms with Crippen LogP contribution in [0.5, 0.6) is 0 Å². The molecule has 0 aliphatic rings. The Morgan fingerprint density at radius 2 is 1.62 bits per heavy atom. The summed E-state index contributed by atoms with van der Waals surface area (Å²) in [6.45, 7) is 0.641. The lowest BCUT2D eigenvalue weighted by molar-refractivity contribution is -0.154. The standard InChI is InChI=1S/C19H16F4N2O4/c1-10(29-16(27)8-11-2-4-12(20)5-3-11)19(28)24-9-15(26)25-14-7-6-13(21)17(22)18(14)23/h2-7,10H,8-9H2,1H3,(H,24,28)(H,25,26). The molecule has 0 spiro atoms. The van der Waals surface area contributed by atoms with Crippen LogP contribution in [0.3, 0.4) is 0 Å². The van der Waals surface area contributed by atoms with E-state index in [9.17, 15) is 31.9 Å². The van der Waals surface area contributed by atoms with E-state index < -0.39 is 59.4 Å². The highest BCUT2D eigenvalue weighted by Gasteiger charge is 2.20. The molecule has 2 N–H and O–H groups in total. The van der Waals surface area contributed by atoms with Crippen molar-refractivity contribution in [1.29, 1.82) is 0 Å². The van der Waals surface area contributed by atoms with Gasteiger partial charge in [-0.1, -0.05) is 12.1 Å². The van der Waals surface area contributed by atoms with E-state index in [1.807, 2.05) is 5.32 Å². The van der Waals surface area contributed by atoms with Crippen LogP contribution >= 0.6 is 0 Å². The first-order valence-electron chi connectivity index (χ1n) is 8.32. The van der Waals surface area contributed by atoms with Crippen molar-refractivity contribution in [2.75, 3.05) is 11.9 Å². The largest absolute Gasteiger partial charge is 0.452 e. The van der Waals surface area contributed by atoms with Gasteiger partial charge in [-0.3, -0.25) is 14.4 Å². The number of rotatable bonds is 7. The van der Waals surface area contributed by atoms with Crippen LogP contribution in [0.25, 0.3) is 0 Å². The summed E-state index contributed by atoms with van der Waals surface area (Å²) in [6, 6.07) is 6.59. The molecule has 1 atom stereocenters. The van der Waals surface area contributed by atoms with Crippen molar-refractivity contribution in [3.8, 4) is 0 Å². The molecule has 2 aromatic rings. The summed E-state index contributed by atoms with van der Waals surface area (Å²) >= 11 is 0. The van der Waals surface area contributed by atoms with Gasteiger partial charge in [-0.2, -0.15) is 0 Å². The maximum atomic E-state index is 13.5. The second-order valence-electron chi connectivity index (χ2n) is 5.92. The second kappa shape index (κ2) is 9.67. The van der Waals surface area contributed by atoms with Crippen molar-refractivity contribution >= 4 is 23.5 Å². The van der Waals surface area contributed by atoms with Gasteiger partial charge >= 0.3 is 5.97 Å². The average molecular weight is 412 g/mol. The number of ether oxygens (including phenoxy) is 1. The highest BCUT2D eigenvalue weighted by atomic mass is 19.2. The van der Waals surface area contributed by atoms with Crippen molar-refractivity contribution in [3.63, 3.8) is 0 Å². The van der Waals surface area contributed by atoms with Crippen LogP contribution < -0.4 is 10.6 Å². The Kier molecular flexibility index (Phi) is 7.29. The quantitative estimate of drug-likeness (QED) is 0.416. The highest BCUT2D eigenvalue weighted by molar-refractivity contribution is 5.95. The predicted molar refractivity (Wildman–Crippen MR) is 93.6 cm³/mol. The van der Waals surface area contributed by atoms with E-state index in [0.29, 0.717) is 11.6 Å². The molecule has 2 amide bonds. The molecular formula is C19H16F4N2O4. The maximum absolute atomic E-state index is 13.5. The van der Waals surface area contributed by atoms with Crippen LogP contribution in [0.4, 0.5) is 23.2 Å². The molecule has 154 valence electrons. The van der Waals surface area contributed by atoms with Crippen LogP contribution in [0.15, 0.2) is 36.4 Å². The molecule has 0 aliphatic heterocycles. The molecule has 2 rings (SSSR count). The van der Waals surface area contributed by atoms with Crippen molar-refractivity contribution in [1.82, 2.24) is 5.32 Å². The normalized spacial score (nSPS) is 11.5. The number of anilines is 1. The molecule has 0 aromatic heterocycles. The third-order valence-electron chi connectivity index (χ3n) is 3.67. The molecule has 2 aromatic carbocycles. The summed E-state index contributed by atoms with van der Waals surface area (Å²) < 4.78 is 57.2. The summed E-state index contributed by atoms with van der Waals surface area (Å²) in [5.41, 5.74) is -0.112. The van der Waals surface area contributed by atoms with E-state index >= 15 is 0 Å². The van der Waals surface area contributed by atoms with Gasteiger partial charge in [-0.25, -0.2) is 17.6 Å². The monoisotopic (exact) mass is 412 g/mol. The lowest BCUT2D eigenvalue weighted by Gasteiger charge is -2.14. The lowest BCUT2D eigenvalue weighted by Crippen LogP contribution is -2.40. The molecule has 10 heteroatoms. The fourth-order valence-electron chi connectivity index (χ4n) is 2.19. The fraction of sp³-hybridized carbons (Fsp3) is 0.211. The van der Waals surface area contributed by atoms with Gasteiger partial charge in [0.25, 0.3) is 5.91 Å². The van der Waals surface area contributed by atoms with Crippen LogP contribution in [0, 0.1) is 23.3 Å². The zero-order valence-corrected chi connectivity index (χ0v) is 15.1. The van der Waals surface area contributed by atoms with E-state index in [0.717, 1.165) is 6.07 Å². The summed E-state index contributed by atoms with van der Waals surface area (Å²) in [4.78, 5) is 35.4. The molecule has 29 heavy (non-hydrogen) atoms. The minimum atomic E-state index is -1.74. The number of amides is 2. The highest BCUT2D eigenvalue weighted by Crippen LogP contribution is 2.19. The Hall–Kier alpha value is -3.43. The molecule has 0 fully saturated rings. The Morgan fingerprint density at radius 3 is 2.28 bits per heavy atom. The number of halogens is 4. The molecule has 0 saturated carbocycles. The van der Waals surface area contributed by atoms with E-state index in [-0.39, 0.29) is 6.42 Å². The number of benzene rings is 2. The van der Waals surface area contributed by atoms with Gasteiger partial charge in [-0.15, -0.1) is 0 Å². The third-order valence-corrected chi connectivity index (χ3v) is 3.67. The molecule has 6 nitrogen and oxygen atoms in total. The molecule has 0 radical (unpaired) electrons. The Balaban J connectivity index is 1.80. The van der Waals surface area contributed by atoms with E-state index in [2.05, 4.69) is 5.32 Å². The molecule has 0 saturated heterocycles. The van der Waals surface area contributed by atoms with E-state index in [1.165, 1.54) is 31.2 Å². The van der Waals surface area contributed by atoms with E-state index in [1.54, 1.807) is 0 Å². The molecule has 0 aliphatic carbocycles. The smallest absolute Gasteiger partial charge is 0.311 e. The number of carbonyl (C=O) groups is 3.